The van der Waals surface area contributed by atoms with Gasteiger partial charge in [0.1, 0.15) is 0 Å². The first-order valence-corrected chi connectivity index (χ1v) is 6.84. The SMILES string of the molecule is O=C(O)CC1(CSc2ccc(Br)cn2)CC1. The average Bonchev–Trinajstić information content (AvgIpc) is 2.97. The Morgan fingerprint density at radius 3 is 2.81 bits per heavy atom. The highest BCUT2D eigenvalue weighted by Gasteiger charge is 2.44. The fourth-order valence-electron chi connectivity index (χ4n) is 1.54. The van der Waals surface area contributed by atoms with Gasteiger partial charge in [0.05, 0.1) is 11.4 Å². The zero-order valence-electron chi connectivity index (χ0n) is 8.65. The Balaban J connectivity index is 1.87. The lowest BCUT2D eigenvalue weighted by Crippen LogP contribution is -2.11. The Kier molecular flexibility index (Phi) is 3.54. The quantitative estimate of drug-likeness (QED) is 0.849. The molecule has 0 atom stereocenters. The van der Waals surface area contributed by atoms with Gasteiger partial charge in [0, 0.05) is 16.4 Å². The summed E-state index contributed by atoms with van der Waals surface area (Å²) in [4.78, 5) is 14.9. The smallest absolute Gasteiger partial charge is 0.303 e. The van der Waals surface area contributed by atoms with Crippen molar-refractivity contribution in [3.8, 4) is 0 Å². The molecule has 3 nitrogen and oxygen atoms in total. The second-order valence-electron chi connectivity index (χ2n) is 4.17. The third-order valence-corrected chi connectivity index (χ3v) is 4.47. The molecule has 1 fully saturated rings. The summed E-state index contributed by atoms with van der Waals surface area (Å²) in [5.74, 6) is 0.162. The van der Waals surface area contributed by atoms with Crippen molar-refractivity contribution in [1.82, 2.24) is 4.98 Å². The highest BCUT2D eigenvalue weighted by Crippen LogP contribution is 2.51. The zero-order valence-corrected chi connectivity index (χ0v) is 11.1. The van der Waals surface area contributed by atoms with Crippen molar-refractivity contribution in [1.29, 1.82) is 0 Å². The molecule has 16 heavy (non-hydrogen) atoms. The monoisotopic (exact) mass is 301 g/mol. The maximum atomic E-state index is 10.7. The summed E-state index contributed by atoms with van der Waals surface area (Å²) in [5.41, 5.74) is 0.0330. The second-order valence-corrected chi connectivity index (χ2v) is 6.09. The fourth-order valence-corrected chi connectivity index (χ4v) is 2.92. The summed E-state index contributed by atoms with van der Waals surface area (Å²) in [5, 5.41) is 9.75. The highest BCUT2D eigenvalue weighted by molar-refractivity contribution is 9.10. The average molecular weight is 302 g/mol. The van der Waals surface area contributed by atoms with Crippen molar-refractivity contribution in [2.24, 2.45) is 5.41 Å². The van der Waals surface area contributed by atoms with Crippen LogP contribution in [-0.2, 0) is 4.79 Å². The van der Waals surface area contributed by atoms with E-state index in [1.54, 1.807) is 18.0 Å². The van der Waals surface area contributed by atoms with Crippen molar-refractivity contribution in [2.75, 3.05) is 5.75 Å². The van der Waals surface area contributed by atoms with Gasteiger partial charge in [0.25, 0.3) is 0 Å². The van der Waals surface area contributed by atoms with Crippen molar-refractivity contribution in [2.45, 2.75) is 24.3 Å². The van der Waals surface area contributed by atoms with Gasteiger partial charge in [0.2, 0.25) is 0 Å². The topological polar surface area (TPSA) is 50.2 Å². The van der Waals surface area contributed by atoms with E-state index in [1.807, 2.05) is 12.1 Å². The number of pyridine rings is 1. The van der Waals surface area contributed by atoms with E-state index in [4.69, 9.17) is 5.11 Å². The lowest BCUT2D eigenvalue weighted by Gasteiger charge is -2.10. The van der Waals surface area contributed by atoms with Crippen LogP contribution in [0.1, 0.15) is 19.3 Å². The number of carboxylic acids is 1. The number of aliphatic carboxylic acids is 1. The Morgan fingerprint density at radius 2 is 2.31 bits per heavy atom. The molecule has 0 amide bonds. The molecule has 0 saturated heterocycles. The molecule has 1 saturated carbocycles. The van der Waals surface area contributed by atoms with Crippen molar-refractivity contribution < 1.29 is 9.90 Å². The van der Waals surface area contributed by atoms with Gasteiger partial charge < -0.3 is 5.11 Å². The first kappa shape index (κ1) is 11.9. The van der Waals surface area contributed by atoms with Crippen LogP contribution in [0.3, 0.4) is 0 Å². The Morgan fingerprint density at radius 1 is 1.56 bits per heavy atom. The molecule has 1 heterocycles. The van der Waals surface area contributed by atoms with Gasteiger partial charge in [-0.1, -0.05) is 0 Å². The van der Waals surface area contributed by atoms with Gasteiger partial charge in [0.15, 0.2) is 0 Å². The van der Waals surface area contributed by atoms with Crippen molar-refractivity contribution in [3.05, 3.63) is 22.8 Å². The van der Waals surface area contributed by atoms with E-state index in [-0.39, 0.29) is 11.8 Å². The molecule has 1 aliphatic rings. The standard InChI is InChI=1S/C11H12BrNO2S/c12-8-1-2-9(13-6-8)16-7-11(3-4-11)5-10(14)15/h1-2,6H,3-5,7H2,(H,14,15). The van der Waals surface area contributed by atoms with Gasteiger partial charge >= 0.3 is 5.97 Å². The van der Waals surface area contributed by atoms with Crippen LogP contribution in [0.25, 0.3) is 0 Å². The number of carboxylic acid groups (broad SMARTS) is 1. The molecule has 1 aromatic rings. The van der Waals surface area contributed by atoms with Crippen LogP contribution in [-0.4, -0.2) is 21.8 Å². The number of thioether (sulfide) groups is 1. The van der Waals surface area contributed by atoms with E-state index in [2.05, 4.69) is 20.9 Å². The molecule has 0 spiro atoms. The summed E-state index contributed by atoms with van der Waals surface area (Å²) in [7, 11) is 0. The number of halogens is 1. The minimum atomic E-state index is -0.693. The maximum absolute atomic E-state index is 10.7. The highest BCUT2D eigenvalue weighted by atomic mass is 79.9. The van der Waals surface area contributed by atoms with E-state index >= 15 is 0 Å². The van der Waals surface area contributed by atoms with Crippen LogP contribution in [0.2, 0.25) is 0 Å². The number of carbonyl (C=O) groups is 1. The van der Waals surface area contributed by atoms with Crippen LogP contribution >= 0.6 is 27.7 Å². The first-order valence-electron chi connectivity index (χ1n) is 5.06. The van der Waals surface area contributed by atoms with E-state index < -0.39 is 5.97 Å². The summed E-state index contributed by atoms with van der Waals surface area (Å²) < 4.78 is 0.962. The summed E-state index contributed by atoms with van der Waals surface area (Å²) in [6.07, 6.45) is 4.11. The van der Waals surface area contributed by atoms with Crippen LogP contribution in [0.5, 0.6) is 0 Å². The molecule has 0 aliphatic heterocycles. The van der Waals surface area contributed by atoms with Gasteiger partial charge in [-0.3, -0.25) is 4.79 Å². The molecule has 2 rings (SSSR count). The largest absolute Gasteiger partial charge is 0.481 e. The zero-order chi connectivity index (χ0) is 11.6. The van der Waals surface area contributed by atoms with Crippen LogP contribution in [0.4, 0.5) is 0 Å². The first-order chi connectivity index (χ1) is 7.60. The Bertz CT molecular complexity index is 389. The van der Waals surface area contributed by atoms with Gasteiger partial charge in [-0.05, 0) is 46.3 Å². The summed E-state index contributed by atoms with van der Waals surface area (Å²) in [6, 6.07) is 3.90. The number of aromatic nitrogens is 1. The Hall–Kier alpha value is -0.550. The normalized spacial score (nSPS) is 17.1. The third kappa shape index (κ3) is 3.22. The number of nitrogens with zero attached hydrogens (tertiary/aromatic N) is 1. The predicted octanol–water partition coefficient (Wildman–Crippen LogP) is 3.19. The van der Waals surface area contributed by atoms with E-state index in [0.29, 0.717) is 0 Å². The molecule has 0 radical (unpaired) electrons. The molecular weight excluding hydrogens is 290 g/mol. The molecular formula is C11H12BrNO2S. The number of rotatable bonds is 5. The van der Waals surface area contributed by atoms with Crippen LogP contribution < -0.4 is 0 Å². The molecule has 5 heteroatoms. The molecule has 1 aromatic heterocycles. The van der Waals surface area contributed by atoms with Gasteiger partial charge in [-0.15, -0.1) is 11.8 Å². The maximum Gasteiger partial charge on any atom is 0.303 e. The molecule has 1 aliphatic carbocycles. The van der Waals surface area contributed by atoms with Gasteiger partial charge in [-0.2, -0.15) is 0 Å². The Labute approximate surface area is 107 Å². The fraction of sp³-hybridized carbons (Fsp3) is 0.455. The molecule has 0 bridgehead atoms. The van der Waals surface area contributed by atoms with Crippen molar-refractivity contribution >= 4 is 33.7 Å². The summed E-state index contributed by atoms with van der Waals surface area (Å²) >= 11 is 4.98. The van der Waals surface area contributed by atoms with E-state index in [9.17, 15) is 4.79 Å². The summed E-state index contributed by atoms with van der Waals surface area (Å²) in [6.45, 7) is 0. The lowest BCUT2D eigenvalue weighted by molar-refractivity contribution is -0.138. The number of hydrogen-bond acceptors (Lipinski definition) is 3. The second kappa shape index (κ2) is 4.75. The minimum Gasteiger partial charge on any atom is -0.481 e. The van der Waals surface area contributed by atoms with Gasteiger partial charge in [-0.25, -0.2) is 4.98 Å². The minimum absolute atomic E-state index is 0.0330. The number of hydrogen-bond donors (Lipinski definition) is 1. The molecule has 0 aromatic carbocycles. The van der Waals surface area contributed by atoms with E-state index in [0.717, 1.165) is 28.1 Å². The molecule has 86 valence electrons. The predicted molar refractivity (Wildman–Crippen MR) is 66.6 cm³/mol. The third-order valence-electron chi connectivity index (χ3n) is 2.71. The van der Waals surface area contributed by atoms with Crippen LogP contribution in [0.15, 0.2) is 27.8 Å². The molecule has 0 unspecified atom stereocenters. The van der Waals surface area contributed by atoms with Crippen LogP contribution in [0, 0.1) is 5.41 Å². The lowest BCUT2D eigenvalue weighted by atomic mass is 10.1. The molecule has 1 N–H and O–H groups in total. The van der Waals surface area contributed by atoms with Crippen molar-refractivity contribution in [3.63, 3.8) is 0 Å². The van der Waals surface area contributed by atoms with E-state index in [1.165, 1.54) is 0 Å².